The Morgan fingerprint density at radius 3 is 2.62 bits per heavy atom. The second-order valence-corrected chi connectivity index (χ2v) is 4.88. The lowest BCUT2D eigenvalue weighted by Crippen LogP contribution is -2.37. The number of amides is 1. The lowest BCUT2D eigenvalue weighted by Gasteiger charge is -2.14. The second-order valence-electron chi connectivity index (χ2n) is 4.88. The maximum atomic E-state index is 13.4. The number of hydrogen-bond donors (Lipinski definition) is 3. The van der Waals surface area contributed by atoms with Crippen LogP contribution in [0.4, 0.5) is 10.1 Å². The Balaban J connectivity index is 2.02. The molecule has 110 valence electrons. The van der Waals surface area contributed by atoms with Gasteiger partial charge in [0.1, 0.15) is 11.6 Å². The van der Waals surface area contributed by atoms with E-state index in [1.165, 1.54) is 24.3 Å². The molecule has 0 fully saturated rings. The van der Waals surface area contributed by atoms with Gasteiger partial charge >= 0.3 is 0 Å². The predicted molar refractivity (Wildman–Crippen MR) is 79.6 cm³/mol. The number of anilines is 1. The topological polar surface area (TPSA) is 75.4 Å². The molecule has 4 nitrogen and oxygen atoms in total. The lowest BCUT2D eigenvalue weighted by molar-refractivity contribution is -0.117. The Morgan fingerprint density at radius 1 is 1.29 bits per heavy atom. The molecule has 0 bridgehead atoms. The number of phenols is 1. The summed E-state index contributed by atoms with van der Waals surface area (Å²) in [6, 6.07) is 10.2. The van der Waals surface area contributed by atoms with E-state index in [1.807, 2.05) is 0 Å². The van der Waals surface area contributed by atoms with Gasteiger partial charge in [-0.25, -0.2) is 4.39 Å². The van der Waals surface area contributed by atoms with Crippen molar-refractivity contribution >= 4 is 11.6 Å². The van der Waals surface area contributed by atoms with Gasteiger partial charge in [-0.05, 0) is 43.2 Å². The Bertz CT molecular complexity index is 641. The monoisotopic (exact) mass is 288 g/mol. The van der Waals surface area contributed by atoms with Crippen molar-refractivity contribution in [3.8, 4) is 5.75 Å². The highest BCUT2D eigenvalue weighted by atomic mass is 19.1. The second kappa shape index (κ2) is 6.37. The van der Waals surface area contributed by atoms with E-state index in [1.54, 1.807) is 25.1 Å². The Kier molecular flexibility index (Phi) is 4.55. The molecule has 5 heteroatoms. The number of carbonyl (C=O) groups excluding carboxylic acids is 1. The molecule has 0 heterocycles. The molecule has 0 radical (unpaired) electrons. The van der Waals surface area contributed by atoms with E-state index >= 15 is 0 Å². The fourth-order valence-electron chi connectivity index (χ4n) is 1.95. The molecule has 0 saturated heterocycles. The highest BCUT2D eigenvalue weighted by Crippen LogP contribution is 2.18. The molecule has 21 heavy (non-hydrogen) atoms. The van der Waals surface area contributed by atoms with Crippen molar-refractivity contribution in [1.29, 1.82) is 0 Å². The third-order valence-corrected chi connectivity index (χ3v) is 3.25. The minimum Gasteiger partial charge on any atom is -0.508 e. The lowest BCUT2D eigenvalue weighted by atomic mass is 10.1. The third-order valence-electron chi connectivity index (χ3n) is 3.25. The highest BCUT2D eigenvalue weighted by Gasteiger charge is 2.15. The molecule has 1 amide bonds. The standard InChI is InChI=1S/C16H17FN2O2/c1-10-13(17)3-2-4-15(10)19-16(21)14(18)9-11-5-7-12(20)8-6-11/h2-8,14,20H,9,18H2,1H3,(H,19,21). The van der Waals surface area contributed by atoms with Gasteiger partial charge in [0.15, 0.2) is 0 Å². The van der Waals surface area contributed by atoms with Crippen LogP contribution in [0.25, 0.3) is 0 Å². The molecule has 0 aliphatic carbocycles. The molecule has 0 aliphatic heterocycles. The molecule has 0 saturated carbocycles. The average molecular weight is 288 g/mol. The van der Waals surface area contributed by atoms with Crippen LogP contribution >= 0.6 is 0 Å². The number of phenolic OH excluding ortho intramolecular Hbond substituents is 1. The van der Waals surface area contributed by atoms with Crippen LogP contribution < -0.4 is 11.1 Å². The molecule has 4 N–H and O–H groups in total. The van der Waals surface area contributed by atoms with Crippen LogP contribution in [-0.2, 0) is 11.2 Å². The van der Waals surface area contributed by atoms with E-state index in [0.29, 0.717) is 17.7 Å². The number of nitrogens with one attached hydrogen (secondary N) is 1. The molecule has 2 aromatic rings. The molecule has 0 spiro atoms. The van der Waals surface area contributed by atoms with Gasteiger partial charge in [-0.3, -0.25) is 4.79 Å². The molecule has 2 aromatic carbocycles. The summed E-state index contributed by atoms with van der Waals surface area (Å²) in [5.74, 6) is -0.594. The summed E-state index contributed by atoms with van der Waals surface area (Å²) >= 11 is 0. The number of nitrogens with two attached hydrogens (primary N) is 1. The molecular formula is C16H17FN2O2. The van der Waals surface area contributed by atoms with Crippen LogP contribution in [-0.4, -0.2) is 17.1 Å². The molecule has 2 rings (SSSR count). The first-order chi connectivity index (χ1) is 9.97. The summed E-state index contributed by atoms with van der Waals surface area (Å²) in [5, 5.41) is 11.8. The average Bonchev–Trinajstić information content (AvgIpc) is 2.46. The molecule has 0 aliphatic rings. The summed E-state index contributed by atoms with van der Waals surface area (Å²) in [5.41, 5.74) is 7.49. The SMILES string of the molecule is Cc1c(F)cccc1NC(=O)C(N)Cc1ccc(O)cc1. The van der Waals surface area contributed by atoms with Gasteiger partial charge < -0.3 is 16.2 Å². The first-order valence-electron chi connectivity index (χ1n) is 6.57. The normalized spacial score (nSPS) is 12.0. The maximum Gasteiger partial charge on any atom is 0.241 e. The van der Waals surface area contributed by atoms with Crippen molar-refractivity contribution in [3.05, 3.63) is 59.4 Å². The van der Waals surface area contributed by atoms with Crippen molar-refractivity contribution in [2.45, 2.75) is 19.4 Å². The van der Waals surface area contributed by atoms with E-state index < -0.39 is 6.04 Å². The smallest absolute Gasteiger partial charge is 0.241 e. The fourth-order valence-corrected chi connectivity index (χ4v) is 1.95. The van der Waals surface area contributed by atoms with Gasteiger partial charge in [0.05, 0.1) is 6.04 Å². The largest absolute Gasteiger partial charge is 0.508 e. The number of rotatable bonds is 4. The van der Waals surface area contributed by atoms with Gasteiger partial charge in [0.25, 0.3) is 0 Å². The predicted octanol–water partition coefficient (Wildman–Crippen LogP) is 2.35. The zero-order chi connectivity index (χ0) is 15.4. The van der Waals surface area contributed by atoms with Gasteiger partial charge in [0, 0.05) is 11.3 Å². The summed E-state index contributed by atoms with van der Waals surface area (Å²) in [7, 11) is 0. The minimum atomic E-state index is -0.753. The van der Waals surface area contributed by atoms with E-state index in [9.17, 15) is 14.3 Å². The van der Waals surface area contributed by atoms with Crippen molar-refractivity contribution < 1.29 is 14.3 Å². The third kappa shape index (κ3) is 3.79. The van der Waals surface area contributed by atoms with Crippen molar-refractivity contribution in [3.63, 3.8) is 0 Å². The van der Waals surface area contributed by atoms with Gasteiger partial charge in [0.2, 0.25) is 5.91 Å². The van der Waals surface area contributed by atoms with E-state index in [4.69, 9.17) is 5.73 Å². The van der Waals surface area contributed by atoms with Crippen LogP contribution in [0.2, 0.25) is 0 Å². The summed E-state index contributed by atoms with van der Waals surface area (Å²) < 4.78 is 13.4. The van der Waals surface area contributed by atoms with E-state index in [2.05, 4.69) is 5.32 Å². The van der Waals surface area contributed by atoms with Crippen LogP contribution in [0, 0.1) is 12.7 Å². The zero-order valence-electron chi connectivity index (χ0n) is 11.6. The molecular weight excluding hydrogens is 271 g/mol. The summed E-state index contributed by atoms with van der Waals surface area (Å²) in [6.07, 6.45) is 0.334. The Hall–Kier alpha value is -2.40. The Labute approximate surface area is 122 Å². The van der Waals surface area contributed by atoms with Crippen molar-refractivity contribution in [2.24, 2.45) is 5.73 Å². The van der Waals surface area contributed by atoms with Crippen LogP contribution in [0.5, 0.6) is 5.75 Å². The first kappa shape index (κ1) is 15.0. The van der Waals surface area contributed by atoms with E-state index in [0.717, 1.165) is 5.56 Å². The van der Waals surface area contributed by atoms with Crippen molar-refractivity contribution in [2.75, 3.05) is 5.32 Å². The molecule has 1 atom stereocenters. The van der Waals surface area contributed by atoms with Gasteiger partial charge in [-0.2, -0.15) is 0 Å². The Morgan fingerprint density at radius 2 is 1.95 bits per heavy atom. The summed E-state index contributed by atoms with van der Waals surface area (Å²) in [4.78, 5) is 12.0. The van der Waals surface area contributed by atoms with Crippen LogP contribution in [0.1, 0.15) is 11.1 Å². The van der Waals surface area contributed by atoms with Crippen molar-refractivity contribution in [1.82, 2.24) is 0 Å². The van der Waals surface area contributed by atoms with Gasteiger partial charge in [-0.15, -0.1) is 0 Å². The number of carbonyl (C=O) groups is 1. The van der Waals surface area contributed by atoms with Crippen LogP contribution in [0.3, 0.4) is 0 Å². The summed E-state index contributed by atoms with van der Waals surface area (Å²) in [6.45, 7) is 1.59. The zero-order valence-corrected chi connectivity index (χ0v) is 11.6. The van der Waals surface area contributed by atoms with Crippen LogP contribution in [0.15, 0.2) is 42.5 Å². The maximum absolute atomic E-state index is 13.4. The molecule has 1 unspecified atom stereocenters. The van der Waals surface area contributed by atoms with Gasteiger partial charge in [-0.1, -0.05) is 18.2 Å². The quantitative estimate of drug-likeness (QED) is 0.808. The molecule has 0 aromatic heterocycles. The van der Waals surface area contributed by atoms with E-state index in [-0.39, 0.29) is 17.5 Å². The number of benzene rings is 2. The highest BCUT2D eigenvalue weighted by molar-refractivity contribution is 5.95. The number of halogens is 1. The fraction of sp³-hybridized carbons (Fsp3) is 0.188. The number of aromatic hydroxyl groups is 1. The first-order valence-corrected chi connectivity index (χ1v) is 6.57. The minimum absolute atomic E-state index is 0.159. The number of hydrogen-bond acceptors (Lipinski definition) is 3.